The molecule has 0 radical (unpaired) electrons. The van der Waals surface area contributed by atoms with Crippen LogP contribution in [0.25, 0.3) is 27.5 Å². The highest BCUT2D eigenvalue weighted by Crippen LogP contribution is 2.32. The maximum atomic E-state index is 8.34. The monoisotopic (exact) mass is 480 g/mol. The summed E-state index contributed by atoms with van der Waals surface area (Å²) in [7, 11) is 0. The first-order valence-corrected chi connectivity index (χ1v) is 12.2. The largest absolute Gasteiger partial charge is 0.383 e. The lowest BCUT2D eigenvalue weighted by Crippen LogP contribution is -2.18. The van der Waals surface area contributed by atoms with Crippen LogP contribution in [0.4, 0.5) is 0 Å². The number of fused-ring (bicyclic) bond motifs is 3. The second-order valence-electron chi connectivity index (χ2n) is 8.75. The smallest absolute Gasteiger partial charge is 0.154 e. The lowest BCUT2D eigenvalue weighted by atomic mass is 10.1. The Hall–Kier alpha value is -4.96. The van der Waals surface area contributed by atoms with Crippen LogP contribution in [0.1, 0.15) is 16.7 Å². The molecule has 180 valence electrons. The first-order chi connectivity index (χ1) is 18.1. The van der Waals surface area contributed by atoms with Crippen molar-refractivity contribution in [3.8, 4) is 5.69 Å². The van der Waals surface area contributed by atoms with Gasteiger partial charge >= 0.3 is 0 Å². The normalized spacial score (nSPS) is 11.2. The van der Waals surface area contributed by atoms with Crippen molar-refractivity contribution in [1.29, 1.82) is 5.41 Å². The number of nitrogens with two attached hydrogens (primary N) is 1. The number of hydrogen-bond acceptors (Lipinski definition) is 1. The van der Waals surface area contributed by atoms with E-state index in [1.54, 1.807) is 0 Å². The Bertz CT molecular complexity index is 1640. The number of nitrogens with one attached hydrogen (secondary N) is 1. The topological polar surface area (TPSA) is 67.2 Å². The van der Waals surface area contributed by atoms with Crippen LogP contribution in [0.2, 0.25) is 0 Å². The third-order valence-electron chi connectivity index (χ3n) is 6.22. The molecule has 0 bridgehead atoms. The molecule has 37 heavy (non-hydrogen) atoms. The van der Waals surface area contributed by atoms with Gasteiger partial charge in [-0.25, -0.2) is 4.99 Å². The van der Waals surface area contributed by atoms with E-state index in [1.807, 2.05) is 84.9 Å². The Balaban J connectivity index is 0.000000348. The Morgan fingerprint density at radius 1 is 0.622 bits per heavy atom. The summed E-state index contributed by atoms with van der Waals surface area (Å²) in [6, 6.07) is 44.3. The maximum absolute atomic E-state index is 8.34. The number of aliphatic imine (C=N–C) groups is 1. The Morgan fingerprint density at radius 3 is 1.68 bits per heavy atom. The molecule has 4 heteroatoms. The maximum Gasteiger partial charge on any atom is 0.154 e. The molecule has 5 aromatic carbocycles. The fraction of sp³-hybridized carbons (Fsp3) is 0.0303. The molecule has 6 rings (SSSR count). The minimum absolute atomic E-state index is 0.144. The van der Waals surface area contributed by atoms with Crippen LogP contribution in [-0.2, 0) is 0 Å². The molecular formula is C33H28N4. The molecule has 0 aliphatic rings. The standard InChI is InChI=1S/C26H20N4.C7H8/c27-25(18-10-2-1-3-11-18)29-26(28)21-14-6-9-17-24(21)30-22-15-7-4-12-19(22)20-13-5-8-16-23(20)30;1-7-5-3-2-4-6-7/h1-17H,(H3,27,28,29);2-6H,1H3. The molecule has 0 amide bonds. The van der Waals surface area contributed by atoms with E-state index < -0.39 is 0 Å². The zero-order valence-electron chi connectivity index (χ0n) is 20.7. The molecule has 0 fully saturated rings. The van der Waals surface area contributed by atoms with Crippen molar-refractivity contribution >= 4 is 33.5 Å². The third kappa shape index (κ3) is 5.04. The SMILES string of the molecule is Cc1ccccc1.N=C(N=C(N)c1ccccc1-n1c2ccccc2c2ccccc21)c1ccccc1. The summed E-state index contributed by atoms with van der Waals surface area (Å²) < 4.78 is 2.22. The highest BCUT2D eigenvalue weighted by Gasteiger charge is 2.15. The fourth-order valence-electron chi connectivity index (χ4n) is 4.44. The van der Waals surface area contributed by atoms with Gasteiger partial charge in [0.25, 0.3) is 0 Å². The highest BCUT2D eigenvalue weighted by atomic mass is 15.0. The molecule has 0 aliphatic carbocycles. The van der Waals surface area contributed by atoms with Gasteiger partial charge in [0, 0.05) is 21.9 Å². The number of nitrogens with zero attached hydrogens (tertiary/aromatic N) is 2. The summed E-state index contributed by atoms with van der Waals surface area (Å²) in [5, 5.41) is 10.7. The van der Waals surface area contributed by atoms with E-state index >= 15 is 0 Å². The third-order valence-corrected chi connectivity index (χ3v) is 6.22. The van der Waals surface area contributed by atoms with Gasteiger partial charge in [-0.3, -0.25) is 5.41 Å². The van der Waals surface area contributed by atoms with Crippen molar-refractivity contribution in [2.24, 2.45) is 10.7 Å². The summed E-state index contributed by atoms with van der Waals surface area (Å²) in [4.78, 5) is 4.41. The summed E-state index contributed by atoms with van der Waals surface area (Å²) in [6.07, 6.45) is 0. The van der Waals surface area contributed by atoms with Crippen LogP contribution in [0, 0.1) is 12.3 Å². The van der Waals surface area contributed by atoms with Crippen molar-refractivity contribution in [1.82, 2.24) is 4.57 Å². The molecule has 3 N–H and O–H groups in total. The molecule has 0 saturated carbocycles. The van der Waals surface area contributed by atoms with Crippen molar-refractivity contribution in [3.05, 3.63) is 150 Å². The van der Waals surface area contributed by atoms with Gasteiger partial charge in [0.2, 0.25) is 0 Å². The van der Waals surface area contributed by atoms with Gasteiger partial charge in [0.15, 0.2) is 5.84 Å². The molecule has 1 aromatic heterocycles. The van der Waals surface area contributed by atoms with E-state index in [0.29, 0.717) is 5.84 Å². The Kier molecular flexibility index (Phi) is 6.91. The minimum Gasteiger partial charge on any atom is -0.383 e. The number of amidine groups is 2. The molecule has 4 nitrogen and oxygen atoms in total. The molecule has 6 aromatic rings. The second-order valence-corrected chi connectivity index (χ2v) is 8.75. The van der Waals surface area contributed by atoms with E-state index in [0.717, 1.165) is 27.8 Å². The highest BCUT2D eigenvalue weighted by molar-refractivity contribution is 6.13. The molecular weight excluding hydrogens is 452 g/mol. The number of aromatic nitrogens is 1. The molecule has 1 heterocycles. The minimum atomic E-state index is 0.144. The van der Waals surface area contributed by atoms with Crippen molar-refractivity contribution in [3.63, 3.8) is 0 Å². The van der Waals surface area contributed by atoms with Gasteiger partial charge in [-0.15, -0.1) is 0 Å². The van der Waals surface area contributed by atoms with Crippen LogP contribution >= 0.6 is 0 Å². The fourth-order valence-corrected chi connectivity index (χ4v) is 4.44. The van der Waals surface area contributed by atoms with Crippen LogP contribution in [0.15, 0.2) is 138 Å². The van der Waals surface area contributed by atoms with Crippen molar-refractivity contribution in [2.45, 2.75) is 6.92 Å². The van der Waals surface area contributed by atoms with Crippen molar-refractivity contribution in [2.75, 3.05) is 0 Å². The van der Waals surface area contributed by atoms with E-state index in [9.17, 15) is 0 Å². The molecule has 0 atom stereocenters. The van der Waals surface area contributed by atoms with Crippen molar-refractivity contribution < 1.29 is 0 Å². The molecule has 0 spiro atoms. The number of benzene rings is 5. The average Bonchev–Trinajstić information content (AvgIpc) is 3.28. The summed E-state index contributed by atoms with van der Waals surface area (Å²) in [6.45, 7) is 2.08. The zero-order valence-corrected chi connectivity index (χ0v) is 20.7. The van der Waals surface area contributed by atoms with Crippen LogP contribution in [0.3, 0.4) is 0 Å². The van der Waals surface area contributed by atoms with E-state index in [1.165, 1.54) is 16.3 Å². The van der Waals surface area contributed by atoms with E-state index in [2.05, 4.69) is 65.0 Å². The van der Waals surface area contributed by atoms with Gasteiger partial charge in [-0.1, -0.05) is 115 Å². The average molecular weight is 481 g/mol. The number of para-hydroxylation sites is 3. The number of hydrogen-bond donors (Lipinski definition) is 2. The second kappa shape index (κ2) is 10.8. The van der Waals surface area contributed by atoms with Gasteiger partial charge in [0.05, 0.1) is 16.7 Å². The summed E-state index contributed by atoms with van der Waals surface area (Å²) >= 11 is 0. The number of aryl methyl sites for hydroxylation is 1. The molecule has 0 saturated heterocycles. The van der Waals surface area contributed by atoms with E-state index in [4.69, 9.17) is 11.1 Å². The predicted octanol–water partition coefficient (Wildman–Crippen LogP) is 7.51. The lowest BCUT2D eigenvalue weighted by molar-refractivity contribution is 1.17. The molecule has 0 aliphatic heterocycles. The van der Waals surface area contributed by atoms with Crippen LogP contribution in [0.5, 0.6) is 0 Å². The Morgan fingerprint density at radius 2 is 1.11 bits per heavy atom. The van der Waals surface area contributed by atoms with Crippen LogP contribution in [-0.4, -0.2) is 16.2 Å². The zero-order chi connectivity index (χ0) is 25.6. The molecule has 0 unspecified atom stereocenters. The van der Waals surface area contributed by atoms with E-state index in [-0.39, 0.29) is 5.84 Å². The van der Waals surface area contributed by atoms with Gasteiger partial charge in [-0.05, 0) is 31.2 Å². The van der Waals surface area contributed by atoms with Crippen LogP contribution < -0.4 is 5.73 Å². The first-order valence-electron chi connectivity index (χ1n) is 12.2. The predicted molar refractivity (Wildman–Crippen MR) is 156 cm³/mol. The van der Waals surface area contributed by atoms with Gasteiger partial charge in [-0.2, -0.15) is 0 Å². The summed E-state index contributed by atoms with van der Waals surface area (Å²) in [5.74, 6) is 0.464. The quantitative estimate of drug-likeness (QED) is 0.200. The lowest BCUT2D eigenvalue weighted by Gasteiger charge is -2.13. The number of rotatable bonds is 3. The summed E-state index contributed by atoms with van der Waals surface area (Å²) in [5.41, 5.74) is 12.4. The van der Waals surface area contributed by atoms with Gasteiger partial charge < -0.3 is 10.3 Å². The Labute approximate surface area is 216 Å². The van der Waals surface area contributed by atoms with Gasteiger partial charge in [0.1, 0.15) is 5.84 Å². The first kappa shape index (κ1) is 23.8.